The van der Waals surface area contributed by atoms with Crippen LogP contribution in [0.15, 0.2) is 45.3 Å². The van der Waals surface area contributed by atoms with Gasteiger partial charge in [0, 0.05) is 31.9 Å². The highest BCUT2D eigenvalue weighted by Gasteiger charge is 2.43. The third kappa shape index (κ3) is 1.89. The molecule has 0 saturated carbocycles. The Bertz CT molecular complexity index is 743. The quantitative estimate of drug-likeness (QED) is 0.627. The van der Waals surface area contributed by atoms with E-state index in [4.69, 9.17) is 0 Å². The van der Waals surface area contributed by atoms with Crippen LogP contribution in [0, 0.1) is 0 Å². The number of Topliss-reactive ketones (excluding diaryl/α,β-unsaturated/α-hetero) is 2. The first-order chi connectivity index (χ1) is 10.1. The van der Waals surface area contributed by atoms with Crippen LogP contribution in [0.4, 0.5) is 0 Å². The number of benzene rings is 2. The predicted molar refractivity (Wildman–Crippen MR) is 87.0 cm³/mol. The van der Waals surface area contributed by atoms with Crippen molar-refractivity contribution in [2.45, 2.75) is 18.3 Å². The normalized spacial score (nSPS) is 22.8. The molecule has 0 amide bonds. The van der Waals surface area contributed by atoms with E-state index < -0.39 is 0 Å². The topological polar surface area (TPSA) is 34.1 Å². The van der Waals surface area contributed by atoms with Crippen LogP contribution in [0.1, 0.15) is 50.1 Å². The molecule has 0 heterocycles. The number of carbonyl (C=O) groups excluding carboxylic acids is 2. The SMILES string of the molecule is O=C1c2cc(Br)ccc2C2CC1c1ccc(Br)cc1C2=O. The number of ketones is 2. The number of hydrogen-bond donors (Lipinski definition) is 0. The molecule has 2 aromatic carbocycles. The van der Waals surface area contributed by atoms with Gasteiger partial charge >= 0.3 is 0 Å². The molecule has 0 N–H and O–H groups in total. The molecule has 104 valence electrons. The summed E-state index contributed by atoms with van der Waals surface area (Å²) in [4.78, 5) is 25.6. The van der Waals surface area contributed by atoms with Gasteiger partial charge in [-0.15, -0.1) is 0 Å². The van der Waals surface area contributed by atoms with Crippen LogP contribution in [0.3, 0.4) is 0 Å². The van der Waals surface area contributed by atoms with Gasteiger partial charge in [0.05, 0.1) is 0 Å². The maximum absolute atomic E-state index is 12.8. The smallest absolute Gasteiger partial charge is 0.170 e. The molecule has 0 aliphatic heterocycles. The lowest BCUT2D eigenvalue weighted by Gasteiger charge is -2.35. The van der Waals surface area contributed by atoms with Crippen molar-refractivity contribution < 1.29 is 9.59 Å². The Morgan fingerprint density at radius 1 is 0.762 bits per heavy atom. The van der Waals surface area contributed by atoms with Crippen LogP contribution in [0.25, 0.3) is 0 Å². The van der Waals surface area contributed by atoms with Crippen molar-refractivity contribution in [2.24, 2.45) is 0 Å². The maximum atomic E-state index is 12.8. The number of rotatable bonds is 0. The van der Waals surface area contributed by atoms with E-state index in [1.807, 2.05) is 36.4 Å². The molecule has 2 aliphatic carbocycles. The van der Waals surface area contributed by atoms with E-state index in [2.05, 4.69) is 31.9 Å². The summed E-state index contributed by atoms with van der Waals surface area (Å²) in [7, 11) is 0. The summed E-state index contributed by atoms with van der Waals surface area (Å²) >= 11 is 6.82. The van der Waals surface area contributed by atoms with E-state index in [1.54, 1.807) is 0 Å². The minimum Gasteiger partial charge on any atom is -0.293 e. The molecule has 2 nitrogen and oxygen atoms in total. The Morgan fingerprint density at radius 3 is 1.62 bits per heavy atom. The zero-order valence-electron chi connectivity index (χ0n) is 10.9. The van der Waals surface area contributed by atoms with Crippen LogP contribution >= 0.6 is 31.9 Å². The van der Waals surface area contributed by atoms with Gasteiger partial charge < -0.3 is 0 Å². The minimum absolute atomic E-state index is 0.124. The average molecular weight is 406 g/mol. The first-order valence-electron chi connectivity index (χ1n) is 6.73. The number of halogens is 2. The molecule has 2 bridgehead atoms. The number of carbonyl (C=O) groups is 2. The highest BCUT2D eigenvalue weighted by molar-refractivity contribution is 9.10. The van der Waals surface area contributed by atoms with Crippen LogP contribution in [0.5, 0.6) is 0 Å². The van der Waals surface area contributed by atoms with Gasteiger partial charge in [-0.05, 0) is 41.8 Å². The van der Waals surface area contributed by atoms with Crippen LogP contribution in [-0.2, 0) is 0 Å². The Morgan fingerprint density at radius 2 is 1.19 bits per heavy atom. The summed E-state index contributed by atoms with van der Waals surface area (Å²) in [5, 5.41) is 0. The Balaban J connectivity index is 1.98. The van der Waals surface area contributed by atoms with Crippen LogP contribution < -0.4 is 0 Å². The van der Waals surface area contributed by atoms with Crippen molar-refractivity contribution in [3.63, 3.8) is 0 Å². The zero-order valence-corrected chi connectivity index (χ0v) is 14.1. The van der Waals surface area contributed by atoms with E-state index in [9.17, 15) is 9.59 Å². The highest BCUT2D eigenvalue weighted by atomic mass is 79.9. The predicted octanol–water partition coefficient (Wildman–Crippen LogP) is 4.86. The number of fused-ring (bicyclic) bond motifs is 6. The molecule has 0 aromatic heterocycles. The Hall–Kier alpha value is -1.26. The van der Waals surface area contributed by atoms with E-state index in [0.717, 1.165) is 20.1 Å². The van der Waals surface area contributed by atoms with Crippen molar-refractivity contribution in [1.29, 1.82) is 0 Å². The molecule has 2 atom stereocenters. The average Bonchev–Trinajstić information content (AvgIpc) is 2.47. The lowest BCUT2D eigenvalue weighted by atomic mass is 9.65. The van der Waals surface area contributed by atoms with Crippen molar-refractivity contribution in [3.05, 3.63) is 67.6 Å². The van der Waals surface area contributed by atoms with Gasteiger partial charge in [-0.25, -0.2) is 0 Å². The van der Waals surface area contributed by atoms with E-state index in [1.165, 1.54) is 0 Å². The molecule has 0 saturated heterocycles. The largest absolute Gasteiger partial charge is 0.293 e. The van der Waals surface area contributed by atoms with E-state index >= 15 is 0 Å². The first kappa shape index (κ1) is 13.4. The second kappa shape index (κ2) is 4.62. The molecule has 2 unspecified atom stereocenters. The van der Waals surface area contributed by atoms with Gasteiger partial charge in [0.2, 0.25) is 0 Å². The van der Waals surface area contributed by atoms with Gasteiger partial charge in [0.25, 0.3) is 0 Å². The Kier molecular flexibility index (Phi) is 2.95. The molecule has 0 spiro atoms. The minimum atomic E-state index is -0.197. The monoisotopic (exact) mass is 404 g/mol. The van der Waals surface area contributed by atoms with Crippen LogP contribution in [0.2, 0.25) is 0 Å². The van der Waals surface area contributed by atoms with Crippen molar-refractivity contribution in [3.8, 4) is 0 Å². The molecule has 21 heavy (non-hydrogen) atoms. The summed E-state index contributed by atoms with van der Waals surface area (Å²) in [6, 6.07) is 11.3. The van der Waals surface area contributed by atoms with E-state index in [-0.39, 0.29) is 23.4 Å². The highest BCUT2D eigenvalue weighted by Crippen LogP contribution is 2.47. The standard InChI is InChI=1S/C17H10Br2O2/c18-8-1-3-10-12(5-8)16(20)15-7-14(10)17(21)13-6-9(19)2-4-11(13)15/h1-6,14-15H,7H2. The third-order valence-corrected chi connectivity index (χ3v) is 5.40. The summed E-state index contributed by atoms with van der Waals surface area (Å²) in [5.41, 5.74) is 3.12. The summed E-state index contributed by atoms with van der Waals surface area (Å²) in [6.07, 6.45) is 0.598. The van der Waals surface area contributed by atoms with Crippen LogP contribution in [-0.4, -0.2) is 11.6 Å². The molecule has 0 radical (unpaired) electrons. The van der Waals surface area contributed by atoms with Gasteiger partial charge in [0.15, 0.2) is 11.6 Å². The molecule has 4 rings (SSSR count). The van der Waals surface area contributed by atoms with Gasteiger partial charge in [0.1, 0.15) is 0 Å². The second-order valence-electron chi connectivity index (χ2n) is 5.53. The van der Waals surface area contributed by atoms with Crippen molar-refractivity contribution in [2.75, 3.05) is 0 Å². The second-order valence-corrected chi connectivity index (χ2v) is 7.36. The molecular weight excluding hydrogens is 396 g/mol. The fourth-order valence-electron chi connectivity index (χ4n) is 3.45. The lowest BCUT2D eigenvalue weighted by molar-refractivity contribution is 0.0875. The van der Waals surface area contributed by atoms with Crippen molar-refractivity contribution >= 4 is 43.4 Å². The summed E-state index contributed by atoms with van der Waals surface area (Å²) in [5.74, 6) is -0.146. The maximum Gasteiger partial charge on any atom is 0.170 e. The fraction of sp³-hybridized carbons (Fsp3) is 0.176. The molecule has 2 aliphatic rings. The zero-order chi connectivity index (χ0) is 14.7. The summed E-state index contributed by atoms with van der Waals surface area (Å²) in [6.45, 7) is 0. The first-order valence-corrected chi connectivity index (χ1v) is 8.32. The third-order valence-electron chi connectivity index (χ3n) is 4.42. The Labute approximate surface area is 138 Å². The summed E-state index contributed by atoms with van der Waals surface area (Å²) < 4.78 is 1.75. The van der Waals surface area contributed by atoms with Gasteiger partial charge in [-0.1, -0.05) is 44.0 Å². The fourth-order valence-corrected chi connectivity index (χ4v) is 4.18. The molecular formula is C17H10Br2O2. The van der Waals surface area contributed by atoms with Gasteiger partial charge in [-0.3, -0.25) is 9.59 Å². The molecule has 2 aromatic rings. The van der Waals surface area contributed by atoms with Crippen molar-refractivity contribution in [1.82, 2.24) is 0 Å². The lowest BCUT2D eigenvalue weighted by Crippen LogP contribution is -2.34. The van der Waals surface area contributed by atoms with Gasteiger partial charge in [-0.2, -0.15) is 0 Å². The molecule has 4 heteroatoms. The van der Waals surface area contributed by atoms with E-state index in [0.29, 0.717) is 17.5 Å². The molecule has 0 fully saturated rings. The number of hydrogen-bond acceptors (Lipinski definition) is 2.